The van der Waals surface area contributed by atoms with Crippen LogP contribution in [-0.4, -0.2) is 68.8 Å². The highest BCUT2D eigenvalue weighted by Crippen LogP contribution is 2.28. The highest BCUT2D eigenvalue weighted by Gasteiger charge is 2.26. The Bertz CT molecular complexity index is 670. The van der Waals surface area contributed by atoms with E-state index in [9.17, 15) is 14.4 Å². The number of carbonyl (C=O) groups excluding carboxylic acids is 2. The van der Waals surface area contributed by atoms with Crippen molar-refractivity contribution >= 4 is 17.8 Å². The summed E-state index contributed by atoms with van der Waals surface area (Å²) >= 11 is 0. The second kappa shape index (κ2) is 8.25. The van der Waals surface area contributed by atoms with Gasteiger partial charge in [0.05, 0.1) is 12.4 Å². The lowest BCUT2D eigenvalue weighted by atomic mass is 10.0. The molecule has 0 unspecified atom stereocenters. The van der Waals surface area contributed by atoms with Crippen LogP contribution in [0.2, 0.25) is 0 Å². The Morgan fingerprint density at radius 3 is 2.19 bits per heavy atom. The summed E-state index contributed by atoms with van der Waals surface area (Å²) in [5.41, 5.74) is -0.0677. The minimum Gasteiger partial charge on any atom is -0.476 e. The number of amides is 2. The molecule has 0 spiro atoms. The van der Waals surface area contributed by atoms with E-state index in [-0.39, 0.29) is 23.2 Å². The summed E-state index contributed by atoms with van der Waals surface area (Å²) in [7, 11) is 0. The summed E-state index contributed by atoms with van der Waals surface area (Å²) in [6, 6.07) is 0. The van der Waals surface area contributed by atoms with Crippen molar-refractivity contribution in [3.8, 4) is 0 Å². The molecule has 0 aromatic carbocycles. The normalized spacial score (nSPS) is 18.6. The van der Waals surface area contributed by atoms with Gasteiger partial charge in [-0.1, -0.05) is 12.8 Å². The Morgan fingerprint density at radius 1 is 0.923 bits per heavy atom. The van der Waals surface area contributed by atoms with E-state index in [1.165, 1.54) is 19.0 Å². The van der Waals surface area contributed by atoms with E-state index in [1.54, 1.807) is 4.90 Å². The first-order valence-electron chi connectivity index (χ1n) is 9.17. The zero-order valence-electron chi connectivity index (χ0n) is 14.8. The second-order valence-electron chi connectivity index (χ2n) is 6.97. The average Bonchev–Trinajstić information content (AvgIpc) is 3.02. The highest BCUT2D eigenvalue weighted by atomic mass is 16.4. The SMILES string of the molecule is O=C(O)c1cnc(C(=O)N2CCCN(C(=O)CC3CCCC3)CC2)cn1. The molecule has 2 fully saturated rings. The molecule has 1 saturated heterocycles. The van der Waals surface area contributed by atoms with Crippen LogP contribution < -0.4 is 0 Å². The third-order valence-corrected chi connectivity index (χ3v) is 5.16. The number of aromatic carboxylic acids is 1. The third kappa shape index (κ3) is 4.36. The smallest absolute Gasteiger partial charge is 0.356 e. The number of hydrogen-bond donors (Lipinski definition) is 1. The molecule has 1 saturated carbocycles. The van der Waals surface area contributed by atoms with Crippen LogP contribution in [0.4, 0.5) is 0 Å². The first kappa shape index (κ1) is 18.3. The first-order chi connectivity index (χ1) is 12.5. The molecule has 0 radical (unpaired) electrons. The van der Waals surface area contributed by atoms with E-state index in [0.29, 0.717) is 38.5 Å². The van der Waals surface area contributed by atoms with Crippen LogP contribution in [0.1, 0.15) is 59.5 Å². The summed E-state index contributed by atoms with van der Waals surface area (Å²) in [5.74, 6) is -0.745. The summed E-state index contributed by atoms with van der Waals surface area (Å²) in [4.78, 5) is 47.1. The number of carboxylic acids is 1. The molecule has 1 N–H and O–H groups in total. The molecule has 140 valence electrons. The van der Waals surface area contributed by atoms with Gasteiger partial charge in [0.15, 0.2) is 5.69 Å². The number of aromatic nitrogens is 2. The maximum Gasteiger partial charge on any atom is 0.356 e. The van der Waals surface area contributed by atoms with Crippen LogP contribution in [0.3, 0.4) is 0 Å². The van der Waals surface area contributed by atoms with Crippen molar-refractivity contribution in [2.45, 2.75) is 38.5 Å². The van der Waals surface area contributed by atoms with E-state index in [2.05, 4.69) is 9.97 Å². The summed E-state index contributed by atoms with van der Waals surface area (Å²) in [5, 5.41) is 8.85. The lowest BCUT2D eigenvalue weighted by Crippen LogP contribution is -2.38. The van der Waals surface area contributed by atoms with Crippen molar-refractivity contribution in [2.75, 3.05) is 26.2 Å². The van der Waals surface area contributed by atoms with Crippen molar-refractivity contribution in [3.05, 3.63) is 23.8 Å². The number of hydrogen-bond acceptors (Lipinski definition) is 5. The molecule has 0 bridgehead atoms. The van der Waals surface area contributed by atoms with Crippen molar-refractivity contribution in [1.82, 2.24) is 19.8 Å². The van der Waals surface area contributed by atoms with Gasteiger partial charge in [0, 0.05) is 32.6 Å². The summed E-state index contributed by atoms with van der Waals surface area (Å²) < 4.78 is 0. The van der Waals surface area contributed by atoms with Crippen LogP contribution >= 0.6 is 0 Å². The fourth-order valence-corrected chi connectivity index (χ4v) is 3.67. The molecule has 1 aliphatic heterocycles. The van der Waals surface area contributed by atoms with Crippen LogP contribution in [-0.2, 0) is 4.79 Å². The molecule has 8 heteroatoms. The third-order valence-electron chi connectivity index (χ3n) is 5.16. The Kier molecular flexibility index (Phi) is 5.80. The highest BCUT2D eigenvalue weighted by molar-refractivity contribution is 5.92. The molecule has 1 aromatic heterocycles. The molecule has 2 aliphatic rings. The minimum absolute atomic E-state index is 0.126. The molecular weight excluding hydrogens is 336 g/mol. The van der Waals surface area contributed by atoms with Gasteiger partial charge in [-0.05, 0) is 25.2 Å². The zero-order chi connectivity index (χ0) is 18.5. The lowest BCUT2D eigenvalue weighted by Gasteiger charge is -2.23. The van der Waals surface area contributed by atoms with Gasteiger partial charge in [0.2, 0.25) is 5.91 Å². The van der Waals surface area contributed by atoms with Gasteiger partial charge >= 0.3 is 5.97 Å². The van der Waals surface area contributed by atoms with E-state index >= 15 is 0 Å². The van der Waals surface area contributed by atoms with E-state index < -0.39 is 5.97 Å². The van der Waals surface area contributed by atoms with Gasteiger partial charge in [-0.2, -0.15) is 0 Å². The predicted molar refractivity (Wildman–Crippen MR) is 92.7 cm³/mol. The Morgan fingerprint density at radius 2 is 1.54 bits per heavy atom. The molecule has 26 heavy (non-hydrogen) atoms. The van der Waals surface area contributed by atoms with Crippen molar-refractivity contribution < 1.29 is 19.5 Å². The predicted octanol–water partition coefficient (Wildman–Crippen LogP) is 1.43. The van der Waals surface area contributed by atoms with Crippen molar-refractivity contribution in [3.63, 3.8) is 0 Å². The van der Waals surface area contributed by atoms with Gasteiger partial charge in [-0.25, -0.2) is 14.8 Å². The largest absolute Gasteiger partial charge is 0.476 e. The van der Waals surface area contributed by atoms with E-state index in [1.807, 2.05) is 4.90 Å². The number of rotatable bonds is 4. The van der Waals surface area contributed by atoms with Gasteiger partial charge in [0.1, 0.15) is 5.69 Å². The molecule has 8 nitrogen and oxygen atoms in total. The molecule has 1 aliphatic carbocycles. The van der Waals surface area contributed by atoms with Gasteiger partial charge in [0.25, 0.3) is 5.91 Å². The minimum atomic E-state index is -1.18. The van der Waals surface area contributed by atoms with E-state index in [4.69, 9.17) is 5.11 Å². The van der Waals surface area contributed by atoms with E-state index in [0.717, 1.165) is 25.5 Å². The Hall–Kier alpha value is -2.51. The summed E-state index contributed by atoms with van der Waals surface area (Å²) in [6.07, 6.45) is 8.37. The van der Waals surface area contributed by atoms with Gasteiger partial charge in [-0.15, -0.1) is 0 Å². The van der Waals surface area contributed by atoms with Crippen LogP contribution in [0.25, 0.3) is 0 Å². The Labute approximate surface area is 152 Å². The monoisotopic (exact) mass is 360 g/mol. The fourth-order valence-electron chi connectivity index (χ4n) is 3.67. The molecule has 3 rings (SSSR count). The van der Waals surface area contributed by atoms with Gasteiger partial charge in [-0.3, -0.25) is 9.59 Å². The molecule has 0 atom stereocenters. The molecule has 2 heterocycles. The van der Waals surface area contributed by atoms with Crippen LogP contribution in [0, 0.1) is 5.92 Å². The maximum absolute atomic E-state index is 12.6. The number of carboxylic acid groups (broad SMARTS) is 1. The fraction of sp³-hybridized carbons (Fsp3) is 0.611. The number of nitrogens with zero attached hydrogens (tertiary/aromatic N) is 4. The standard InChI is InChI=1S/C18H24N4O4/c23-16(10-13-4-1-2-5-13)21-6-3-7-22(9-8-21)17(24)14-11-20-15(12-19-14)18(25)26/h11-13H,1-10H2,(H,25,26). The molecular formula is C18H24N4O4. The zero-order valence-corrected chi connectivity index (χ0v) is 14.8. The topological polar surface area (TPSA) is 104 Å². The second-order valence-corrected chi connectivity index (χ2v) is 6.97. The quantitative estimate of drug-likeness (QED) is 0.871. The molecule has 2 amide bonds. The van der Waals surface area contributed by atoms with Gasteiger partial charge < -0.3 is 14.9 Å². The van der Waals surface area contributed by atoms with Crippen molar-refractivity contribution in [1.29, 1.82) is 0 Å². The van der Waals surface area contributed by atoms with Crippen LogP contribution in [0.15, 0.2) is 12.4 Å². The average molecular weight is 360 g/mol. The maximum atomic E-state index is 12.6. The summed E-state index contributed by atoms with van der Waals surface area (Å²) in [6.45, 7) is 2.20. The van der Waals surface area contributed by atoms with Crippen LogP contribution in [0.5, 0.6) is 0 Å². The van der Waals surface area contributed by atoms with Crippen molar-refractivity contribution in [2.24, 2.45) is 5.92 Å². The lowest BCUT2D eigenvalue weighted by molar-refractivity contribution is -0.132. The number of carbonyl (C=O) groups is 3. The Balaban J connectivity index is 1.56. The first-order valence-corrected chi connectivity index (χ1v) is 9.17. The molecule has 1 aromatic rings.